The van der Waals surface area contributed by atoms with E-state index in [1.54, 1.807) is 25.3 Å². The largest absolute Gasteiger partial charge is 0.451 e. The zero-order valence-electron chi connectivity index (χ0n) is 14.6. The number of carbonyl (C=O) groups excluding carboxylic acids is 2. The van der Waals surface area contributed by atoms with Crippen LogP contribution in [0.25, 0.3) is 0 Å². The Kier molecular flexibility index (Phi) is 8.50. The molecule has 25 heavy (non-hydrogen) atoms. The molecule has 2 N–H and O–H groups in total. The Bertz CT molecular complexity index is 658. The predicted octanol–water partition coefficient (Wildman–Crippen LogP) is 0.745. The van der Waals surface area contributed by atoms with Crippen molar-refractivity contribution in [2.75, 3.05) is 20.3 Å². The molecule has 0 aliphatic rings. The van der Waals surface area contributed by atoms with E-state index in [1.165, 1.54) is 20.1 Å². The molecular weight excluding hydrogens is 368 g/mol. The fourth-order valence-corrected chi connectivity index (χ4v) is 4.16. The van der Waals surface area contributed by atoms with E-state index in [0.29, 0.717) is 6.61 Å². The second kappa shape index (κ2) is 9.85. The highest BCUT2D eigenvalue weighted by Crippen LogP contribution is 2.18. The Morgan fingerprint density at radius 2 is 1.96 bits per heavy atom. The number of sulfonamides is 1. The van der Waals surface area contributed by atoms with Crippen molar-refractivity contribution in [2.45, 2.75) is 37.1 Å². The molecule has 2 atom stereocenters. The number of hydrogen-bond donors (Lipinski definition) is 2. The number of hydrogen-bond acceptors (Lipinski definition) is 7. The molecule has 1 aromatic heterocycles. The molecule has 1 heterocycles. The Morgan fingerprint density at radius 3 is 2.48 bits per heavy atom. The summed E-state index contributed by atoms with van der Waals surface area (Å²) in [6.45, 7) is 5.42. The van der Waals surface area contributed by atoms with Gasteiger partial charge in [0.1, 0.15) is 10.3 Å². The molecule has 0 aliphatic carbocycles. The Balaban J connectivity index is 2.72. The molecule has 1 amide bonds. The van der Waals surface area contributed by atoms with Gasteiger partial charge in [0.05, 0.1) is 6.61 Å². The molecule has 1 rings (SSSR count). The predicted molar refractivity (Wildman–Crippen MR) is 93.7 cm³/mol. The van der Waals surface area contributed by atoms with Crippen molar-refractivity contribution in [3.8, 4) is 0 Å². The topological polar surface area (TPSA) is 111 Å². The number of ether oxygens (including phenoxy) is 2. The first-order chi connectivity index (χ1) is 11.7. The molecule has 0 bridgehead atoms. The van der Waals surface area contributed by atoms with Gasteiger partial charge in [0.25, 0.3) is 15.9 Å². The molecule has 0 unspecified atom stereocenters. The van der Waals surface area contributed by atoms with E-state index >= 15 is 0 Å². The van der Waals surface area contributed by atoms with Crippen molar-refractivity contribution in [2.24, 2.45) is 5.92 Å². The van der Waals surface area contributed by atoms with Gasteiger partial charge in [-0.15, -0.1) is 11.3 Å². The number of thiophene rings is 1. The van der Waals surface area contributed by atoms with Crippen LogP contribution in [0.15, 0.2) is 21.7 Å². The third-order valence-corrected chi connectivity index (χ3v) is 6.07. The Labute approximate surface area is 151 Å². The first-order valence-electron chi connectivity index (χ1n) is 7.72. The number of methoxy groups -OCH3 is 1. The standard InChI is InChI=1S/C15H24N2O6S2/c1-10(2)13(17-25(20,21)12-6-5-9-24-12)15(19)23-11(3)14(18)16-7-8-22-4/h5-6,9-11,13,17H,7-8H2,1-4H3,(H,16,18)/t11-,13+/m1/s1. The Morgan fingerprint density at radius 1 is 1.28 bits per heavy atom. The van der Waals surface area contributed by atoms with Crippen molar-refractivity contribution in [3.05, 3.63) is 17.5 Å². The quantitative estimate of drug-likeness (QED) is 0.449. The SMILES string of the molecule is COCCNC(=O)[C@@H](C)OC(=O)[C@@H](NS(=O)(=O)c1cccs1)C(C)C. The average molecular weight is 392 g/mol. The van der Waals surface area contributed by atoms with E-state index in [9.17, 15) is 18.0 Å². The molecule has 0 radical (unpaired) electrons. The number of carbonyl (C=O) groups is 2. The minimum absolute atomic E-state index is 0.108. The minimum atomic E-state index is -3.83. The summed E-state index contributed by atoms with van der Waals surface area (Å²) in [6, 6.07) is 1.96. The van der Waals surface area contributed by atoms with E-state index in [2.05, 4.69) is 10.0 Å². The number of rotatable bonds is 10. The lowest BCUT2D eigenvalue weighted by atomic mass is 10.1. The molecular formula is C15H24N2O6S2. The zero-order chi connectivity index (χ0) is 19.0. The van der Waals surface area contributed by atoms with Crippen molar-refractivity contribution in [1.82, 2.24) is 10.0 Å². The molecule has 0 saturated heterocycles. The van der Waals surface area contributed by atoms with Gasteiger partial charge < -0.3 is 14.8 Å². The van der Waals surface area contributed by atoms with E-state index in [-0.39, 0.29) is 16.7 Å². The molecule has 142 valence electrons. The van der Waals surface area contributed by atoms with Crippen LogP contribution in [-0.4, -0.2) is 52.7 Å². The third-order valence-electron chi connectivity index (χ3n) is 3.23. The van der Waals surface area contributed by atoms with Gasteiger partial charge in [-0.25, -0.2) is 8.42 Å². The second-order valence-corrected chi connectivity index (χ2v) is 8.53. The van der Waals surface area contributed by atoms with Crippen molar-refractivity contribution >= 4 is 33.2 Å². The Hall–Kier alpha value is -1.49. The summed E-state index contributed by atoms with van der Waals surface area (Å²) in [5, 5.41) is 4.18. The summed E-state index contributed by atoms with van der Waals surface area (Å²) in [7, 11) is -2.33. The number of nitrogens with one attached hydrogen (secondary N) is 2. The molecule has 0 saturated carbocycles. The van der Waals surface area contributed by atoms with Gasteiger partial charge >= 0.3 is 5.97 Å². The van der Waals surface area contributed by atoms with Crippen molar-refractivity contribution < 1.29 is 27.5 Å². The van der Waals surface area contributed by atoms with E-state index < -0.39 is 34.0 Å². The summed E-state index contributed by atoms with van der Waals surface area (Å²) < 4.78 is 37.0. The molecule has 10 heteroatoms. The highest BCUT2D eigenvalue weighted by molar-refractivity contribution is 7.91. The summed E-state index contributed by atoms with van der Waals surface area (Å²) in [5.74, 6) is -1.63. The number of amides is 1. The molecule has 8 nitrogen and oxygen atoms in total. The fraction of sp³-hybridized carbons (Fsp3) is 0.600. The third kappa shape index (κ3) is 6.73. The summed E-state index contributed by atoms with van der Waals surface area (Å²) in [4.78, 5) is 24.2. The lowest BCUT2D eigenvalue weighted by Gasteiger charge is -2.22. The smallest absolute Gasteiger partial charge is 0.325 e. The second-order valence-electron chi connectivity index (χ2n) is 5.64. The normalized spacial score (nSPS) is 14.1. The molecule has 0 spiro atoms. The van der Waals surface area contributed by atoms with Crippen LogP contribution in [0.2, 0.25) is 0 Å². The number of esters is 1. The highest BCUT2D eigenvalue weighted by Gasteiger charge is 2.32. The van der Waals surface area contributed by atoms with Gasteiger partial charge in [-0.3, -0.25) is 9.59 Å². The van der Waals surface area contributed by atoms with E-state index in [0.717, 1.165) is 11.3 Å². The van der Waals surface area contributed by atoms with Crippen LogP contribution in [0.4, 0.5) is 0 Å². The van der Waals surface area contributed by atoms with Crippen LogP contribution in [0, 0.1) is 5.92 Å². The van der Waals surface area contributed by atoms with Crippen LogP contribution < -0.4 is 10.0 Å². The molecule has 1 aromatic rings. The summed E-state index contributed by atoms with van der Waals surface area (Å²) in [5.41, 5.74) is 0. The van der Waals surface area contributed by atoms with Gasteiger partial charge in [0.2, 0.25) is 0 Å². The first-order valence-corrected chi connectivity index (χ1v) is 10.1. The fourth-order valence-electron chi connectivity index (χ4n) is 1.82. The van der Waals surface area contributed by atoms with E-state index in [4.69, 9.17) is 9.47 Å². The average Bonchev–Trinajstić information content (AvgIpc) is 3.07. The maximum atomic E-state index is 12.3. The highest BCUT2D eigenvalue weighted by atomic mass is 32.2. The van der Waals surface area contributed by atoms with Gasteiger partial charge in [0, 0.05) is 13.7 Å². The molecule has 0 aliphatic heterocycles. The monoisotopic (exact) mass is 392 g/mol. The maximum Gasteiger partial charge on any atom is 0.325 e. The maximum absolute atomic E-state index is 12.3. The minimum Gasteiger partial charge on any atom is -0.451 e. The van der Waals surface area contributed by atoms with Crippen LogP contribution in [-0.2, 0) is 29.1 Å². The van der Waals surface area contributed by atoms with Gasteiger partial charge in [-0.1, -0.05) is 19.9 Å². The van der Waals surface area contributed by atoms with Gasteiger partial charge in [-0.2, -0.15) is 4.72 Å². The van der Waals surface area contributed by atoms with Gasteiger partial charge in [0.15, 0.2) is 6.10 Å². The van der Waals surface area contributed by atoms with Crippen LogP contribution in [0.1, 0.15) is 20.8 Å². The van der Waals surface area contributed by atoms with E-state index in [1.807, 2.05) is 0 Å². The first kappa shape index (κ1) is 21.6. The molecule has 0 aromatic carbocycles. The van der Waals surface area contributed by atoms with Crippen LogP contribution in [0.5, 0.6) is 0 Å². The lowest BCUT2D eigenvalue weighted by molar-refractivity contribution is -0.157. The zero-order valence-corrected chi connectivity index (χ0v) is 16.3. The summed E-state index contributed by atoms with van der Waals surface area (Å²) in [6.07, 6.45) is -1.04. The van der Waals surface area contributed by atoms with Crippen molar-refractivity contribution in [1.29, 1.82) is 0 Å². The molecule has 0 fully saturated rings. The van der Waals surface area contributed by atoms with Crippen LogP contribution in [0.3, 0.4) is 0 Å². The van der Waals surface area contributed by atoms with Crippen LogP contribution >= 0.6 is 11.3 Å². The van der Waals surface area contributed by atoms with Gasteiger partial charge in [-0.05, 0) is 24.3 Å². The lowest BCUT2D eigenvalue weighted by Crippen LogP contribution is -2.47. The van der Waals surface area contributed by atoms with Crippen molar-refractivity contribution in [3.63, 3.8) is 0 Å². The summed E-state index contributed by atoms with van der Waals surface area (Å²) >= 11 is 1.05.